The monoisotopic (exact) mass is 295 g/mol. The molecule has 0 aromatic heterocycles. The molecule has 0 aliphatic carbocycles. The van der Waals surface area contributed by atoms with Crippen molar-refractivity contribution in [1.82, 2.24) is 0 Å². The Hall–Kier alpha value is -2.12. The maximum absolute atomic E-state index is 12.4. The van der Waals surface area contributed by atoms with Crippen molar-refractivity contribution in [2.45, 2.75) is 6.18 Å². The molecule has 20 heavy (non-hydrogen) atoms. The molecule has 102 valence electrons. The van der Waals surface area contributed by atoms with Gasteiger partial charge in [-0.1, -0.05) is 23.4 Å². The average Bonchev–Trinajstić information content (AvgIpc) is 2.39. The van der Waals surface area contributed by atoms with Crippen LogP contribution in [0, 0.1) is 11.8 Å². The molecule has 0 aliphatic rings. The predicted octanol–water partition coefficient (Wildman–Crippen LogP) is 4.34. The highest BCUT2D eigenvalue weighted by atomic mass is 35.5. The van der Waals surface area contributed by atoms with Crippen LogP contribution in [0.3, 0.4) is 0 Å². The molecule has 0 aliphatic heterocycles. The standard InChI is InChI=1S/C15H9ClF3N/c16-13-7-8-14(20)11(9-13)4-1-10-2-5-12(6-3-10)15(17,18)19/h2-3,5-9H,20H2. The van der Waals surface area contributed by atoms with Gasteiger partial charge in [-0.2, -0.15) is 13.2 Å². The van der Waals surface area contributed by atoms with Crippen molar-refractivity contribution >= 4 is 17.3 Å². The molecule has 2 N–H and O–H groups in total. The third-order valence-electron chi connectivity index (χ3n) is 2.57. The van der Waals surface area contributed by atoms with Crippen LogP contribution in [0.25, 0.3) is 0 Å². The van der Waals surface area contributed by atoms with Crippen LogP contribution in [0.1, 0.15) is 16.7 Å². The summed E-state index contributed by atoms with van der Waals surface area (Å²) in [5, 5.41) is 0.496. The van der Waals surface area contributed by atoms with E-state index in [0.717, 1.165) is 12.1 Å². The molecule has 0 spiro atoms. The van der Waals surface area contributed by atoms with E-state index in [2.05, 4.69) is 11.8 Å². The first-order chi connectivity index (χ1) is 9.36. The fourth-order valence-electron chi connectivity index (χ4n) is 1.52. The normalized spacial score (nSPS) is 10.8. The molecule has 2 aromatic rings. The quantitative estimate of drug-likeness (QED) is 0.568. The first-order valence-electron chi connectivity index (χ1n) is 5.60. The molecule has 0 saturated carbocycles. The maximum atomic E-state index is 12.4. The summed E-state index contributed by atoms with van der Waals surface area (Å²) in [7, 11) is 0. The minimum absolute atomic E-state index is 0.466. The van der Waals surface area contributed by atoms with Crippen LogP contribution in [-0.4, -0.2) is 0 Å². The second kappa shape index (κ2) is 5.48. The summed E-state index contributed by atoms with van der Waals surface area (Å²) in [5.74, 6) is 5.54. The van der Waals surface area contributed by atoms with E-state index in [-0.39, 0.29) is 0 Å². The molecule has 0 fully saturated rings. The van der Waals surface area contributed by atoms with Gasteiger partial charge in [-0.3, -0.25) is 0 Å². The first-order valence-corrected chi connectivity index (χ1v) is 5.98. The van der Waals surface area contributed by atoms with Gasteiger partial charge in [0.1, 0.15) is 0 Å². The molecule has 0 heterocycles. The zero-order valence-corrected chi connectivity index (χ0v) is 10.9. The summed E-state index contributed by atoms with van der Waals surface area (Å²) in [4.78, 5) is 0. The first kappa shape index (κ1) is 14.3. The lowest BCUT2D eigenvalue weighted by atomic mass is 10.1. The van der Waals surface area contributed by atoms with Crippen molar-refractivity contribution in [2.24, 2.45) is 0 Å². The smallest absolute Gasteiger partial charge is 0.398 e. The van der Waals surface area contributed by atoms with Gasteiger partial charge in [0.2, 0.25) is 0 Å². The van der Waals surface area contributed by atoms with E-state index in [4.69, 9.17) is 17.3 Å². The van der Waals surface area contributed by atoms with Crippen LogP contribution in [-0.2, 0) is 6.18 Å². The lowest BCUT2D eigenvalue weighted by Gasteiger charge is -2.05. The summed E-state index contributed by atoms with van der Waals surface area (Å²) in [6, 6.07) is 9.48. The predicted molar refractivity (Wildman–Crippen MR) is 73.3 cm³/mol. The number of anilines is 1. The van der Waals surface area contributed by atoms with E-state index in [1.807, 2.05) is 0 Å². The second-order valence-electron chi connectivity index (χ2n) is 4.06. The number of nitrogens with two attached hydrogens (primary N) is 1. The van der Waals surface area contributed by atoms with Gasteiger partial charge in [0.25, 0.3) is 0 Å². The summed E-state index contributed by atoms with van der Waals surface area (Å²) in [6.07, 6.45) is -4.34. The van der Waals surface area contributed by atoms with Crippen LogP contribution in [0.2, 0.25) is 5.02 Å². The fourth-order valence-corrected chi connectivity index (χ4v) is 1.69. The van der Waals surface area contributed by atoms with E-state index >= 15 is 0 Å². The van der Waals surface area contributed by atoms with Crippen LogP contribution >= 0.6 is 11.6 Å². The minimum Gasteiger partial charge on any atom is -0.398 e. The van der Waals surface area contributed by atoms with Gasteiger partial charge >= 0.3 is 6.18 Å². The van der Waals surface area contributed by atoms with Crippen molar-refractivity contribution in [2.75, 3.05) is 5.73 Å². The third-order valence-corrected chi connectivity index (χ3v) is 2.80. The SMILES string of the molecule is Nc1ccc(Cl)cc1C#Cc1ccc(C(F)(F)F)cc1. The van der Waals surface area contributed by atoms with Crippen molar-refractivity contribution in [3.63, 3.8) is 0 Å². The summed E-state index contributed by atoms with van der Waals surface area (Å²) in [6.45, 7) is 0. The van der Waals surface area contributed by atoms with Crippen molar-refractivity contribution in [3.8, 4) is 11.8 Å². The van der Waals surface area contributed by atoms with Crippen molar-refractivity contribution in [3.05, 3.63) is 64.2 Å². The van der Waals surface area contributed by atoms with Gasteiger partial charge in [-0.05, 0) is 42.5 Å². The highest BCUT2D eigenvalue weighted by Crippen LogP contribution is 2.29. The molecule has 2 rings (SSSR count). The van der Waals surface area contributed by atoms with Gasteiger partial charge in [0, 0.05) is 21.8 Å². The zero-order chi connectivity index (χ0) is 14.8. The largest absolute Gasteiger partial charge is 0.416 e. The highest BCUT2D eigenvalue weighted by Gasteiger charge is 2.29. The Balaban J connectivity index is 2.27. The van der Waals surface area contributed by atoms with Gasteiger partial charge in [-0.25, -0.2) is 0 Å². The van der Waals surface area contributed by atoms with Gasteiger partial charge in [0.05, 0.1) is 5.56 Å². The minimum atomic E-state index is -4.34. The van der Waals surface area contributed by atoms with Crippen LogP contribution in [0.5, 0.6) is 0 Å². The van der Waals surface area contributed by atoms with Crippen LogP contribution in [0.15, 0.2) is 42.5 Å². The summed E-state index contributed by atoms with van der Waals surface area (Å²) < 4.78 is 37.2. The Labute approximate surface area is 119 Å². The lowest BCUT2D eigenvalue weighted by molar-refractivity contribution is -0.137. The molecule has 0 radical (unpaired) electrons. The number of benzene rings is 2. The molecule has 0 atom stereocenters. The molecular formula is C15H9ClF3N. The summed E-state index contributed by atoms with van der Waals surface area (Å²) >= 11 is 5.82. The van der Waals surface area contributed by atoms with E-state index in [0.29, 0.717) is 21.8 Å². The highest BCUT2D eigenvalue weighted by molar-refractivity contribution is 6.30. The van der Waals surface area contributed by atoms with E-state index < -0.39 is 11.7 Å². The number of hydrogen-bond donors (Lipinski definition) is 1. The lowest BCUT2D eigenvalue weighted by Crippen LogP contribution is -2.04. The molecule has 5 heteroatoms. The number of rotatable bonds is 0. The molecule has 1 nitrogen and oxygen atoms in total. The number of alkyl halides is 3. The van der Waals surface area contributed by atoms with Crippen molar-refractivity contribution in [1.29, 1.82) is 0 Å². The Kier molecular flexibility index (Phi) is 3.91. The number of halogens is 4. The zero-order valence-electron chi connectivity index (χ0n) is 10.1. The molecule has 0 bridgehead atoms. The van der Waals surface area contributed by atoms with E-state index in [1.54, 1.807) is 18.2 Å². The maximum Gasteiger partial charge on any atom is 0.416 e. The van der Waals surface area contributed by atoms with Crippen molar-refractivity contribution < 1.29 is 13.2 Å². The molecule has 2 aromatic carbocycles. The topological polar surface area (TPSA) is 26.0 Å². The van der Waals surface area contributed by atoms with Gasteiger partial charge in [0.15, 0.2) is 0 Å². The molecular weight excluding hydrogens is 287 g/mol. The molecule has 0 amide bonds. The third kappa shape index (κ3) is 3.46. The number of hydrogen-bond acceptors (Lipinski definition) is 1. The Morgan fingerprint density at radius 1 is 0.950 bits per heavy atom. The van der Waals surface area contributed by atoms with E-state index in [1.165, 1.54) is 12.1 Å². The average molecular weight is 296 g/mol. The fraction of sp³-hybridized carbons (Fsp3) is 0.0667. The number of nitrogen functional groups attached to an aromatic ring is 1. The van der Waals surface area contributed by atoms with Crippen LogP contribution in [0.4, 0.5) is 18.9 Å². The second-order valence-corrected chi connectivity index (χ2v) is 4.49. The Morgan fingerprint density at radius 2 is 1.60 bits per heavy atom. The van der Waals surface area contributed by atoms with Gasteiger partial charge in [-0.15, -0.1) is 0 Å². The Morgan fingerprint density at radius 3 is 2.20 bits per heavy atom. The molecule has 0 unspecified atom stereocenters. The van der Waals surface area contributed by atoms with Crippen LogP contribution < -0.4 is 5.73 Å². The molecule has 0 saturated heterocycles. The Bertz CT molecular complexity index is 679. The van der Waals surface area contributed by atoms with E-state index in [9.17, 15) is 13.2 Å². The summed E-state index contributed by atoms with van der Waals surface area (Å²) in [5.41, 5.74) is 6.50. The van der Waals surface area contributed by atoms with Gasteiger partial charge < -0.3 is 5.73 Å².